The highest BCUT2D eigenvalue weighted by Gasteiger charge is 2.43. The van der Waals surface area contributed by atoms with Crippen molar-refractivity contribution in [2.75, 3.05) is 10.6 Å². The van der Waals surface area contributed by atoms with Gasteiger partial charge in [0.1, 0.15) is 24.1 Å². The van der Waals surface area contributed by atoms with Crippen LogP contribution in [0.5, 0.6) is 0 Å². The van der Waals surface area contributed by atoms with Gasteiger partial charge in [-0.3, -0.25) is 9.78 Å². The molecule has 0 radical (unpaired) electrons. The lowest BCUT2D eigenvalue weighted by atomic mass is 10.1. The molecule has 0 aliphatic heterocycles. The maximum Gasteiger partial charge on any atom is 0.231 e. The number of anilines is 3. The summed E-state index contributed by atoms with van der Waals surface area (Å²) in [5, 5.41) is 15.9. The predicted molar refractivity (Wildman–Crippen MR) is 114 cm³/mol. The van der Waals surface area contributed by atoms with E-state index in [4.69, 9.17) is 0 Å². The Morgan fingerprint density at radius 2 is 2.10 bits per heavy atom. The molecule has 3 atom stereocenters. The van der Waals surface area contributed by atoms with Gasteiger partial charge in [-0.1, -0.05) is 6.92 Å². The van der Waals surface area contributed by atoms with Crippen LogP contribution < -0.4 is 10.6 Å². The number of aromatic nitrogens is 4. The van der Waals surface area contributed by atoms with Crippen LogP contribution in [0.2, 0.25) is 0 Å². The maximum absolute atomic E-state index is 13.1. The predicted octanol–water partition coefficient (Wildman–Crippen LogP) is 3.73. The van der Waals surface area contributed by atoms with E-state index >= 15 is 0 Å². The number of alkyl halides is 1. The molecule has 1 aliphatic rings. The summed E-state index contributed by atoms with van der Waals surface area (Å²) in [4.78, 5) is 29.1. The van der Waals surface area contributed by atoms with E-state index in [1.165, 1.54) is 6.33 Å². The summed E-state index contributed by atoms with van der Waals surface area (Å²) in [5.41, 5.74) is 3.53. The number of hydrogen-bond acceptors (Lipinski definition) is 7. The van der Waals surface area contributed by atoms with Gasteiger partial charge in [-0.05, 0) is 43.5 Å². The van der Waals surface area contributed by atoms with Crippen molar-refractivity contribution >= 4 is 23.2 Å². The molecular weight excluding hydrogens is 399 g/mol. The average molecular weight is 422 g/mol. The molecule has 1 amide bonds. The van der Waals surface area contributed by atoms with E-state index in [1.807, 2.05) is 26.0 Å². The van der Waals surface area contributed by atoms with Crippen molar-refractivity contribution in [1.29, 1.82) is 0 Å². The van der Waals surface area contributed by atoms with Crippen LogP contribution >= 0.6 is 0 Å². The van der Waals surface area contributed by atoms with Crippen LogP contribution in [0.4, 0.5) is 21.7 Å². The van der Waals surface area contributed by atoms with Gasteiger partial charge in [0.15, 0.2) is 0 Å². The van der Waals surface area contributed by atoms with E-state index in [0.29, 0.717) is 35.0 Å². The Labute approximate surface area is 179 Å². The Hall–Kier alpha value is -3.46. The summed E-state index contributed by atoms with van der Waals surface area (Å²) in [5.74, 6) is -0.116. The lowest BCUT2D eigenvalue weighted by Crippen LogP contribution is -2.16. The van der Waals surface area contributed by atoms with E-state index in [1.54, 1.807) is 24.5 Å². The molecule has 0 aromatic carbocycles. The number of carbonyl (C=O) groups excluding carboxylic acids is 1. The Kier molecular flexibility index (Phi) is 5.85. The fourth-order valence-corrected chi connectivity index (χ4v) is 3.17. The number of amides is 1. The zero-order valence-electron chi connectivity index (χ0n) is 17.2. The van der Waals surface area contributed by atoms with Gasteiger partial charge in [-0.2, -0.15) is 0 Å². The molecule has 3 aromatic heterocycles. The molecule has 1 fully saturated rings. The van der Waals surface area contributed by atoms with Crippen molar-refractivity contribution in [1.82, 2.24) is 19.9 Å². The second kappa shape index (κ2) is 8.73. The summed E-state index contributed by atoms with van der Waals surface area (Å²) in [6.45, 7) is 3.82. The highest BCUT2D eigenvalue weighted by atomic mass is 19.1. The molecular formula is C22H23FN6O2. The van der Waals surface area contributed by atoms with Crippen LogP contribution in [0, 0.1) is 12.8 Å². The molecule has 3 heterocycles. The van der Waals surface area contributed by atoms with Gasteiger partial charge >= 0.3 is 0 Å². The molecule has 3 aromatic rings. The zero-order chi connectivity index (χ0) is 22.0. The minimum Gasteiger partial charge on any atom is -0.387 e. The summed E-state index contributed by atoms with van der Waals surface area (Å²) < 4.78 is 13.1. The number of aryl methyl sites for hydroxylation is 1. The van der Waals surface area contributed by atoms with Crippen molar-refractivity contribution in [3.8, 4) is 11.3 Å². The first-order valence-corrected chi connectivity index (χ1v) is 10.1. The van der Waals surface area contributed by atoms with Crippen LogP contribution in [0.25, 0.3) is 11.3 Å². The number of halogens is 1. The number of nitrogens with zero attached hydrogens (tertiary/aromatic N) is 4. The standard InChI is InChI=1S/C22H23FN6O2/c1-3-19(30)17-7-12(2)18(10-25-17)28-21-13(5-4-6-24-21)16-9-20(27-11-26-16)29-22(31)14-8-15(14)23/h4-7,9-11,14-15,19,30H,3,8H2,1-2H3,(H,24,28)(H,26,27,29,31)/t14-,15+,19-/m0/s1. The number of aliphatic hydroxyl groups is 1. The maximum atomic E-state index is 13.1. The van der Waals surface area contributed by atoms with Crippen LogP contribution in [0.1, 0.15) is 37.1 Å². The number of carbonyl (C=O) groups is 1. The number of rotatable bonds is 7. The fraction of sp³-hybridized carbons (Fsp3) is 0.318. The Morgan fingerprint density at radius 1 is 1.29 bits per heavy atom. The normalized spacial score (nSPS) is 18.3. The lowest BCUT2D eigenvalue weighted by molar-refractivity contribution is -0.117. The van der Waals surface area contributed by atoms with Gasteiger partial charge in [0, 0.05) is 17.8 Å². The van der Waals surface area contributed by atoms with Gasteiger partial charge in [0.25, 0.3) is 0 Å². The largest absolute Gasteiger partial charge is 0.387 e. The molecule has 1 saturated carbocycles. The molecule has 0 saturated heterocycles. The number of hydrogen-bond donors (Lipinski definition) is 3. The van der Waals surface area contributed by atoms with E-state index in [9.17, 15) is 14.3 Å². The topological polar surface area (TPSA) is 113 Å². The van der Waals surface area contributed by atoms with Gasteiger partial charge in [0.2, 0.25) is 5.91 Å². The lowest BCUT2D eigenvalue weighted by Gasteiger charge is -2.14. The third-order valence-electron chi connectivity index (χ3n) is 5.16. The Bertz CT molecular complexity index is 1110. The molecule has 0 unspecified atom stereocenters. The van der Waals surface area contributed by atoms with Crippen LogP contribution in [0.15, 0.2) is 43.0 Å². The fourth-order valence-electron chi connectivity index (χ4n) is 3.17. The first-order chi connectivity index (χ1) is 15.0. The Morgan fingerprint density at radius 3 is 2.81 bits per heavy atom. The molecule has 160 valence electrons. The summed E-state index contributed by atoms with van der Waals surface area (Å²) in [6, 6.07) is 7.10. The van der Waals surface area contributed by atoms with Crippen molar-refractivity contribution in [3.05, 3.63) is 54.2 Å². The molecule has 31 heavy (non-hydrogen) atoms. The monoisotopic (exact) mass is 422 g/mol. The van der Waals surface area contributed by atoms with Crippen LogP contribution in [-0.2, 0) is 4.79 Å². The van der Waals surface area contributed by atoms with E-state index in [0.717, 1.165) is 11.3 Å². The minimum absolute atomic E-state index is 0.252. The number of nitrogens with one attached hydrogen (secondary N) is 2. The third kappa shape index (κ3) is 4.66. The molecule has 8 nitrogen and oxygen atoms in total. The van der Waals surface area contributed by atoms with Crippen molar-refractivity contribution in [3.63, 3.8) is 0 Å². The molecule has 0 spiro atoms. The summed E-state index contributed by atoms with van der Waals surface area (Å²) in [7, 11) is 0. The van der Waals surface area contributed by atoms with Crippen molar-refractivity contribution in [2.24, 2.45) is 5.92 Å². The molecule has 0 bridgehead atoms. The van der Waals surface area contributed by atoms with Gasteiger partial charge in [0.05, 0.1) is 35.3 Å². The number of aliphatic hydroxyl groups excluding tert-OH is 1. The minimum atomic E-state index is -1.07. The van der Waals surface area contributed by atoms with Gasteiger partial charge in [-0.25, -0.2) is 19.3 Å². The average Bonchev–Trinajstić information content (AvgIpc) is 3.52. The summed E-state index contributed by atoms with van der Waals surface area (Å²) in [6.07, 6.45) is 3.83. The number of pyridine rings is 2. The quantitative estimate of drug-likeness (QED) is 0.532. The second-order valence-corrected chi connectivity index (χ2v) is 7.51. The van der Waals surface area contributed by atoms with Gasteiger partial charge in [-0.15, -0.1) is 0 Å². The van der Waals surface area contributed by atoms with Crippen LogP contribution in [-0.4, -0.2) is 37.1 Å². The van der Waals surface area contributed by atoms with E-state index in [-0.39, 0.29) is 12.3 Å². The zero-order valence-corrected chi connectivity index (χ0v) is 17.2. The molecule has 4 rings (SSSR count). The Balaban J connectivity index is 1.58. The second-order valence-electron chi connectivity index (χ2n) is 7.51. The molecule has 1 aliphatic carbocycles. The van der Waals surface area contributed by atoms with Crippen LogP contribution in [0.3, 0.4) is 0 Å². The van der Waals surface area contributed by atoms with Crippen molar-refractivity contribution in [2.45, 2.75) is 39.0 Å². The smallest absolute Gasteiger partial charge is 0.231 e. The summed E-state index contributed by atoms with van der Waals surface area (Å²) >= 11 is 0. The first kappa shape index (κ1) is 20.8. The van der Waals surface area contributed by atoms with Crippen molar-refractivity contribution < 1.29 is 14.3 Å². The SMILES string of the molecule is CC[C@H](O)c1cc(C)c(Nc2ncccc2-c2cc(NC(=O)[C@H]3C[C@H]3F)ncn2)cn1. The molecule has 3 N–H and O–H groups in total. The third-order valence-corrected chi connectivity index (χ3v) is 5.16. The van der Waals surface area contributed by atoms with Gasteiger partial charge < -0.3 is 15.7 Å². The van der Waals surface area contributed by atoms with E-state index in [2.05, 4.69) is 30.6 Å². The molecule has 9 heteroatoms. The highest BCUT2D eigenvalue weighted by Crippen LogP contribution is 2.35. The highest BCUT2D eigenvalue weighted by molar-refractivity contribution is 5.94. The first-order valence-electron chi connectivity index (χ1n) is 10.1. The van der Waals surface area contributed by atoms with E-state index < -0.39 is 18.2 Å².